The Labute approximate surface area is 128 Å². The van der Waals surface area contributed by atoms with Crippen LogP contribution in [0.5, 0.6) is 0 Å². The molecule has 1 saturated heterocycles. The van der Waals surface area contributed by atoms with E-state index in [1.807, 2.05) is 6.92 Å². The summed E-state index contributed by atoms with van der Waals surface area (Å²) in [5.41, 5.74) is 5.66. The molecule has 0 bridgehead atoms. The average molecular weight is 311 g/mol. The van der Waals surface area contributed by atoms with E-state index in [2.05, 4.69) is 0 Å². The van der Waals surface area contributed by atoms with E-state index in [0.717, 1.165) is 0 Å². The predicted octanol–water partition coefficient (Wildman–Crippen LogP) is 2.64. The summed E-state index contributed by atoms with van der Waals surface area (Å²) in [6.45, 7) is 2.65. The maximum absolute atomic E-state index is 12.5. The number of piperidine rings is 1. The molecule has 3 N–H and O–H groups in total. The van der Waals surface area contributed by atoms with Gasteiger partial charge in [0.2, 0.25) is 0 Å². The topological polar surface area (TPSA) is 83.6 Å². The van der Waals surface area contributed by atoms with Crippen molar-refractivity contribution in [2.75, 3.05) is 18.8 Å². The predicted molar refractivity (Wildman–Crippen MR) is 81.4 cm³/mol. The first-order valence-electron chi connectivity index (χ1n) is 6.97. The van der Waals surface area contributed by atoms with Gasteiger partial charge in [-0.3, -0.25) is 9.59 Å². The molecule has 21 heavy (non-hydrogen) atoms. The van der Waals surface area contributed by atoms with Gasteiger partial charge < -0.3 is 15.7 Å². The van der Waals surface area contributed by atoms with Crippen molar-refractivity contribution in [2.45, 2.75) is 26.2 Å². The van der Waals surface area contributed by atoms with Crippen LogP contribution in [-0.2, 0) is 4.79 Å². The van der Waals surface area contributed by atoms with Crippen molar-refractivity contribution in [3.8, 4) is 0 Å². The Kier molecular flexibility index (Phi) is 4.42. The number of halogens is 1. The number of likely N-dealkylation sites (tertiary alicyclic amines) is 1. The molecule has 1 atom stereocenters. The highest BCUT2D eigenvalue weighted by atomic mass is 35.5. The molecular formula is C15H19ClN2O3. The maximum atomic E-state index is 12.5. The zero-order chi connectivity index (χ0) is 15.6. The molecule has 1 heterocycles. The van der Waals surface area contributed by atoms with Crippen molar-refractivity contribution in [3.63, 3.8) is 0 Å². The molecule has 1 aliphatic rings. The van der Waals surface area contributed by atoms with E-state index in [9.17, 15) is 14.7 Å². The van der Waals surface area contributed by atoms with Crippen molar-refractivity contribution < 1.29 is 14.7 Å². The fourth-order valence-corrected chi connectivity index (χ4v) is 2.90. The minimum absolute atomic E-state index is 0.197. The van der Waals surface area contributed by atoms with E-state index in [4.69, 9.17) is 17.3 Å². The van der Waals surface area contributed by atoms with Gasteiger partial charge in [-0.25, -0.2) is 0 Å². The van der Waals surface area contributed by atoms with Gasteiger partial charge in [0.25, 0.3) is 5.91 Å². The third kappa shape index (κ3) is 2.97. The molecule has 5 nitrogen and oxygen atoms in total. The molecule has 1 fully saturated rings. The molecule has 114 valence electrons. The van der Waals surface area contributed by atoms with Crippen molar-refractivity contribution in [1.29, 1.82) is 0 Å². The van der Waals surface area contributed by atoms with Crippen LogP contribution in [0.3, 0.4) is 0 Å². The molecule has 1 amide bonds. The van der Waals surface area contributed by atoms with Crippen molar-refractivity contribution in [3.05, 3.63) is 28.8 Å². The van der Waals surface area contributed by atoms with Crippen molar-refractivity contribution >= 4 is 29.2 Å². The number of benzene rings is 1. The highest BCUT2D eigenvalue weighted by Gasteiger charge is 2.42. The van der Waals surface area contributed by atoms with Crippen molar-refractivity contribution in [1.82, 2.24) is 4.90 Å². The second kappa shape index (κ2) is 5.93. The Morgan fingerprint density at radius 3 is 2.76 bits per heavy atom. The second-order valence-electron chi connectivity index (χ2n) is 5.51. The number of aliphatic carboxylic acids is 1. The van der Waals surface area contributed by atoms with E-state index in [1.165, 1.54) is 6.07 Å². The molecule has 6 heteroatoms. The van der Waals surface area contributed by atoms with Crippen LogP contribution in [0, 0.1) is 5.41 Å². The Bertz CT molecular complexity index is 576. The van der Waals surface area contributed by atoms with E-state index in [0.29, 0.717) is 42.1 Å². The standard InChI is InChI=1S/C15H19ClN2O3/c1-2-15(14(20)21)6-3-7-18(9-15)13(19)10-4-5-11(16)12(17)8-10/h4-5,8H,2-3,6-7,9,17H2,1H3,(H,20,21). The van der Waals surface area contributed by atoms with Gasteiger partial charge in [-0.05, 0) is 37.5 Å². The van der Waals surface area contributed by atoms with Gasteiger partial charge in [0.15, 0.2) is 0 Å². The summed E-state index contributed by atoms with van der Waals surface area (Å²) in [6.07, 6.45) is 1.80. The molecule has 0 radical (unpaired) electrons. The number of carbonyl (C=O) groups is 2. The largest absolute Gasteiger partial charge is 0.481 e. The summed E-state index contributed by atoms with van der Waals surface area (Å²) >= 11 is 5.85. The summed E-state index contributed by atoms with van der Waals surface area (Å²) in [4.78, 5) is 25.7. The van der Waals surface area contributed by atoms with E-state index < -0.39 is 11.4 Å². The van der Waals surface area contributed by atoms with Crippen LogP contribution in [-0.4, -0.2) is 35.0 Å². The Hall–Kier alpha value is -1.75. The lowest BCUT2D eigenvalue weighted by Gasteiger charge is -2.39. The maximum Gasteiger partial charge on any atom is 0.311 e. The second-order valence-corrected chi connectivity index (χ2v) is 5.91. The van der Waals surface area contributed by atoms with Gasteiger partial charge >= 0.3 is 5.97 Å². The lowest BCUT2D eigenvalue weighted by Crippen LogP contribution is -2.49. The van der Waals surface area contributed by atoms with Gasteiger partial charge in [-0.1, -0.05) is 18.5 Å². The van der Waals surface area contributed by atoms with Crippen LogP contribution in [0.4, 0.5) is 5.69 Å². The van der Waals surface area contributed by atoms with E-state index in [-0.39, 0.29) is 12.5 Å². The lowest BCUT2D eigenvalue weighted by molar-refractivity contribution is -0.152. The number of carboxylic acid groups (broad SMARTS) is 1. The highest BCUT2D eigenvalue weighted by molar-refractivity contribution is 6.33. The minimum Gasteiger partial charge on any atom is -0.481 e. The Morgan fingerprint density at radius 1 is 1.48 bits per heavy atom. The SMILES string of the molecule is CCC1(C(=O)O)CCCN(C(=O)c2ccc(Cl)c(N)c2)C1. The number of nitrogen functional groups attached to an aromatic ring is 1. The first kappa shape index (κ1) is 15.6. The number of amides is 1. The van der Waals surface area contributed by atoms with Crippen LogP contribution >= 0.6 is 11.6 Å². The number of nitrogens with two attached hydrogens (primary N) is 1. The van der Waals surface area contributed by atoms with Crippen LogP contribution in [0.25, 0.3) is 0 Å². The van der Waals surface area contributed by atoms with E-state index in [1.54, 1.807) is 17.0 Å². The monoisotopic (exact) mass is 310 g/mol. The molecule has 0 aliphatic carbocycles. The van der Waals surface area contributed by atoms with Crippen LogP contribution in [0.2, 0.25) is 5.02 Å². The first-order chi connectivity index (χ1) is 9.89. The first-order valence-corrected chi connectivity index (χ1v) is 7.35. The van der Waals surface area contributed by atoms with Crippen molar-refractivity contribution in [2.24, 2.45) is 5.41 Å². The lowest BCUT2D eigenvalue weighted by atomic mass is 9.77. The van der Waals surface area contributed by atoms with Crippen LogP contribution in [0.15, 0.2) is 18.2 Å². The number of rotatable bonds is 3. The summed E-state index contributed by atoms with van der Waals surface area (Å²) in [5.74, 6) is -1.03. The highest BCUT2D eigenvalue weighted by Crippen LogP contribution is 2.34. The molecule has 1 aliphatic heterocycles. The quantitative estimate of drug-likeness (QED) is 0.841. The molecular weight excluding hydrogens is 292 g/mol. The average Bonchev–Trinajstić information content (AvgIpc) is 2.49. The molecule has 0 spiro atoms. The van der Waals surface area contributed by atoms with Crippen LogP contribution < -0.4 is 5.73 Å². The number of hydrogen-bond acceptors (Lipinski definition) is 3. The Balaban J connectivity index is 2.22. The van der Waals surface area contributed by atoms with Gasteiger partial charge in [0.1, 0.15) is 0 Å². The van der Waals surface area contributed by atoms with Gasteiger partial charge in [-0.15, -0.1) is 0 Å². The smallest absolute Gasteiger partial charge is 0.311 e. The number of hydrogen-bond donors (Lipinski definition) is 2. The fourth-order valence-electron chi connectivity index (χ4n) is 2.78. The fraction of sp³-hybridized carbons (Fsp3) is 0.467. The number of nitrogens with zero attached hydrogens (tertiary/aromatic N) is 1. The molecule has 1 aromatic carbocycles. The molecule has 0 aromatic heterocycles. The number of anilines is 1. The third-order valence-corrected chi connectivity index (χ3v) is 4.58. The minimum atomic E-state index is -0.841. The molecule has 1 unspecified atom stereocenters. The number of carbonyl (C=O) groups excluding carboxylic acids is 1. The third-order valence-electron chi connectivity index (χ3n) is 4.24. The van der Waals surface area contributed by atoms with Gasteiger partial charge in [0, 0.05) is 18.7 Å². The number of carboxylic acids is 1. The summed E-state index contributed by atoms with van der Waals surface area (Å²) in [6, 6.07) is 4.73. The van der Waals surface area contributed by atoms with Gasteiger partial charge in [0.05, 0.1) is 16.1 Å². The molecule has 2 rings (SSSR count). The summed E-state index contributed by atoms with van der Waals surface area (Å²) in [7, 11) is 0. The molecule has 1 aromatic rings. The van der Waals surface area contributed by atoms with Gasteiger partial charge in [-0.2, -0.15) is 0 Å². The summed E-state index contributed by atoms with van der Waals surface area (Å²) < 4.78 is 0. The summed E-state index contributed by atoms with van der Waals surface area (Å²) in [5, 5.41) is 9.87. The zero-order valence-corrected chi connectivity index (χ0v) is 12.7. The Morgan fingerprint density at radius 2 is 2.19 bits per heavy atom. The molecule has 0 saturated carbocycles. The normalized spacial score (nSPS) is 22.1. The van der Waals surface area contributed by atoms with E-state index >= 15 is 0 Å². The van der Waals surface area contributed by atoms with Crippen LogP contribution in [0.1, 0.15) is 36.5 Å². The zero-order valence-electron chi connectivity index (χ0n) is 11.9.